The number of imide groups is 1. The second kappa shape index (κ2) is 5.88. The van der Waals surface area contributed by atoms with Crippen LogP contribution < -0.4 is 10.2 Å². The molecule has 2 aromatic rings. The van der Waals surface area contributed by atoms with Crippen molar-refractivity contribution in [3.8, 4) is 0 Å². The van der Waals surface area contributed by atoms with Gasteiger partial charge in [0.1, 0.15) is 6.04 Å². The van der Waals surface area contributed by atoms with Crippen molar-refractivity contribution in [1.82, 2.24) is 0 Å². The Morgan fingerprint density at radius 1 is 0.913 bits per heavy atom. The molecule has 23 heavy (non-hydrogen) atoms. The highest BCUT2D eigenvalue weighted by atomic mass is 16.2. The van der Waals surface area contributed by atoms with E-state index in [0.29, 0.717) is 0 Å². The number of nitrogens with one attached hydrogen (secondary N) is 1. The molecule has 2 amide bonds. The van der Waals surface area contributed by atoms with Gasteiger partial charge in [0.2, 0.25) is 5.91 Å². The van der Waals surface area contributed by atoms with Gasteiger partial charge in [-0.3, -0.25) is 9.59 Å². The SMILES string of the molecule is Cc1ccccc1NC1CC(=O)N(c2c(C)cccc2C)C1=O. The highest BCUT2D eigenvalue weighted by molar-refractivity contribution is 6.23. The molecule has 1 N–H and O–H groups in total. The van der Waals surface area contributed by atoms with Gasteiger partial charge in [-0.25, -0.2) is 4.90 Å². The van der Waals surface area contributed by atoms with Crippen molar-refractivity contribution in [3.63, 3.8) is 0 Å². The molecule has 1 unspecified atom stereocenters. The lowest BCUT2D eigenvalue weighted by molar-refractivity contribution is -0.121. The van der Waals surface area contributed by atoms with Gasteiger partial charge in [0.05, 0.1) is 12.1 Å². The topological polar surface area (TPSA) is 49.4 Å². The van der Waals surface area contributed by atoms with Gasteiger partial charge in [-0.1, -0.05) is 36.4 Å². The van der Waals surface area contributed by atoms with Crippen LogP contribution in [-0.4, -0.2) is 17.9 Å². The van der Waals surface area contributed by atoms with Gasteiger partial charge in [-0.2, -0.15) is 0 Å². The molecule has 1 saturated heterocycles. The number of carbonyl (C=O) groups excluding carboxylic acids is 2. The van der Waals surface area contributed by atoms with Crippen LogP contribution in [0.5, 0.6) is 0 Å². The van der Waals surface area contributed by atoms with E-state index in [-0.39, 0.29) is 18.2 Å². The first-order chi connectivity index (χ1) is 11.0. The summed E-state index contributed by atoms with van der Waals surface area (Å²) in [6.07, 6.45) is 0.181. The molecule has 2 aromatic carbocycles. The molecule has 0 bridgehead atoms. The van der Waals surface area contributed by atoms with E-state index in [9.17, 15) is 9.59 Å². The van der Waals surface area contributed by atoms with Gasteiger partial charge in [-0.05, 0) is 43.5 Å². The minimum Gasteiger partial charge on any atom is -0.373 e. The molecule has 0 aromatic heterocycles. The summed E-state index contributed by atoms with van der Waals surface area (Å²) in [5, 5.41) is 3.22. The van der Waals surface area contributed by atoms with E-state index in [0.717, 1.165) is 28.1 Å². The van der Waals surface area contributed by atoms with E-state index >= 15 is 0 Å². The molecule has 118 valence electrons. The molecule has 0 saturated carbocycles. The van der Waals surface area contributed by atoms with Gasteiger partial charge in [0.25, 0.3) is 5.91 Å². The van der Waals surface area contributed by atoms with Gasteiger partial charge >= 0.3 is 0 Å². The van der Waals surface area contributed by atoms with Crippen molar-refractivity contribution >= 4 is 23.2 Å². The molecule has 3 rings (SSSR count). The summed E-state index contributed by atoms with van der Waals surface area (Å²) in [6, 6.07) is 13.0. The van der Waals surface area contributed by atoms with Gasteiger partial charge in [0, 0.05) is 5.69 Å². The van der Waals surface area contributed by atoms with Crippen LogP contribution >= 0.6 is 0 Å². The number of aryl methyl sites for hydroxylation is 3. The quantitative estimate of drug-likeness (QED) is 0.885. The molecule has 4 heteroatoms. The monoisotopic (exact) mass is 308 g/mol. The molecular weight excluding hydrogens is 288 g/mol. The van der Waals surface area contributed by atoms with Crippen molar-refractivity contribution < 1.29 is 9.59 Å². The molecular formula is C19H20N2O2. The molecule has 1 heterocycles. The smallest absolute Gasteiger partial charge is 0.256 e. The third kappa shape index (κ3) is 2.72. The van der Waals surface area contributed by atoms with E-state index in [1.807, 2.05) is 63.2 Å². The number of amides is 2. The molecule has 0 spiro atoms. The van der Waals surface area contributed by atoms with E-state index in [1.54, 1.807) is 0 Å². The van der Waals surface area contributed by atoms with E-state index in [1.165, 1.54) is 4.90 Å². The van der Waals surface area contributed by atoms with Gasteiger partial charge in [0.15, 0.2) is 0 Å². The van der Waals surface area contributed by atoms with Crippen molar-refractivity contribution in [1.29, 1.82) is 0 Å². The molecule has 4 nitrogen and oxygen atoms in total. The van der Waals surface area contributed by atoms with Crippen LogP contribution in [0.2, 0.25) is 0 Å². The molecule has 1 aliphatic heterocycles. The van der Waals surface area contributed by atoms with E-state index in [2.05, 4.69) is 5.32 Å². The van der Waals surface area contributed by atoms with Crippen LogP contribution in [0, 0.1) is 20.8 Å². The summed E-state index contributed by atoms with van der Waals surface area (Å²) in [5.74, 6) is -0.339. The average molecular weight is 308 g/mol. The van der Waals surface area contributed by atoms with Crippen LogP contribution in [0.15, 0.2) is 42.5 Å². The van der Waals surface area contributed by atoms with Crippen LogP contribution in [0.1, 0.15) is 23.1 Å². The Morgan fingerprint density at radius 2 is 1.52 bits per heavy atom. The third-order valence-corrected chi connectivity index (χ3v) is 4.28. The maximum absolute atomic E-state index is 12.8. The maximum Gasteiger partial charge on any atom is 0.256 e. The van der Waals surface area contributed by atoms with Gasteiger partial charge in [-0.15, -0.1) is 0 Å². The van der Waals surface area contributed by atoms with Crippen LogP contribution in [0.4, 0.5) is 11.4 Å². The highest BCUT2D eigenvalue weighted by Gasteiger charge is 2.40. The fourth-order valence-electron chi connectivity index (χ4n) is 3.06. The zero-order valence-electron chi connectivity index (χ0n) is 13.6. The number of carbonyl (C=O) groups is 2. The first-order valence-corrected chi connectivity index (χ1v) is 7.74. The second-order valence-corrected chi connectivity index (χ2v) is 6.02. The number of benzene rings is 2. The lowest BCUT2D eigenvalue weighted by Gasteiger charge is -2.20. The Balaban J connectivity index is 1.90. The standard InChI is InChI=1S/C19H20N2O2/c1-12-7-4-5-10-15(12)20-16-11-17(22)21(19(16)23)18-13(2)8-6-9-14(18)3/h4-10,16,20H,11H2,1-3H3. The number of anilines is 2. The van der Waals surface area contributed by atoms with Crippen LogP contribution in [-0.2, 0) is 9.59 Å². The maximum atomic E-state index is 12.8. The Hall–Kier alpha value is -2.62. The van der Waals surface area contributed by atoms with Crippen LogP contribution in [0.3, 0.4) is 0 Å². The number of rotatable bonds is 3. The Labute approximate surface area is 136 Å². The Morgan fingerprint density at radius 3 is 2.17 bits per heavy atom. The minimum absolute atomic E-state index is 0.154. The molecule has 1 fully saturated rings. The van der Waals surface area contributed by atoms with E-state index in [4.69, 9.17) is 0 Å². The van der Waals surface area contributed by atoms with Crippen molar-refractivity contribution in [3.05, 3.63) is 59.2 Å². The zero-order chi connectivity index (χ0) is 16.6. The summed E-state index contributed by atoms with van der Waals surface area (Å²) in [6.45, 7) is 5.82. The zero-order valence-corrected chi connectivity index (χ0v) is 13.6. The molecule has 1 atom stereocenters. The first kappa shape index (κ1) is 15.3. The molecule has 0 radical (unpaired) electrons. The highest BCUT2D eigenvalue weighted by Crippen LogP contribution is 2.30. The summed E-state index contributed by atoms with van der Waals surface area (Å²) < 4.78 is 0. The summed E-state index contributed by atoms with van der Waals surface area (Å²) >= 11 is 0. The third-order valence-electron chi connectivity index (χ3n) is 4.28. The van der Waals surface area contributed by atoms with Crippen molar-refractivity contribution in [2.24, 2.45) is 0 Å². The predicted molar refractivity (Wildman–Crippen MR) is 91.6 cm³/mol. The summed E-state index contributed by atoms with van der Waals surface area (Å²) in [4.78, 5) is 26.6. The summed E-state index contributed by atoms with van der Waals surface area (Å²) in [7, 11) is 0. The molecule has 0 aliphatic carbocycles. The fourth-order valence-corrected chi connectivity index (χ4v) is 3.06. The lowest BCUT2D eigenvalue weighted by atomic mass is 10.1. The van der Waals surface area contributed by atoms with Crippen molar-refractivity contribution in [2.45, 2.75) is 33.2 Å². The predicted octanol–water partition coefficient (Wildman–Crippen LogP) is 3.36. The summed E-state index contributed by atoms with van der Waals surface area (Å²) in [5.41, 5.74) is 4.53. The normalized spacial score (nSPS) is 17.7. The van der Waals surface area contributed by atoms with Crippen LogP contribution in [0.25, 0.3) is 0 Å². The second-order valence-electron chi connectivity index (χ2n) is 6.02. The molecule has 1 aliphatic rings. The Bertz CT molecular complexity index is 762. The minimum atomic E-state index is -0.511. The Kier molecular flexibility index (Phi) is 3.90. The largest absolute Gasteiger partial charge is 0.373 e. The lowest BCUT2D eigenvalue weighted by Crippen LogP contribution is -2.35. The number of para-hydroxylation sites is 2. The van der Waals surface area contributed by atoms with Gasteiger partial charge < -0.3 is 5.32 Å². The fraction of sp³-hybridized carbons (Fsp3) is 0.263. The number of nitrogens with zero attached hydrogens (tertiary/aromatic N) is 1. The number of hydrogen-bond acceptors (Lipinski definition) is 3. The van der Waals surface area contributed by atoms with E-state index < -0.39 is 6.04 Å². The number of hydrogen-bond donors (Lipinski definition) is 1. The first-order valence-electron chi connectivity index (χ1n) is 7.74. The average Bonchev–Trinajstić information content (AvgIpc) is 2.77. The van der Waals surface area contributed by atoms with Crippen molar-refractivity contribution in [2.75, 3.05) is 10.2 Å².